The van der Waals surface area contributed by atoms with Gasteiger partial charge in [0, 0.05) is 17.5 Å². The highest BCUT2D eigenvalue weighted by atomic mass is 16.3. The molecule has 1 aliphatic carbocycles. The highest BCUT2D eigenvalue weighted by Crippen LogP contribution is 2.32. The number of imidazole rings is 1. The number of aromatic nitrogens is 2. The van der Waals surface area contributed by atoms with Gasteiger partial charge in [-0.2, -0.15) is 0 Å². The maximum absolute atomic E-state index is 12.4. The third-order valence-corrected chi connectivity index (χ3v) is 4.87. The summed E-state index contributed by atoms with van der Waals surface area (Å²) < 4.78 is 5.29. The second-order valence-electron chi connectivity index (χ2n) is 6.61. The molecule has 0 aliphatic heterocycles. The fourth-order valence-electron chi connectivity index (χ4n) is 3.59. The van der Waals surface area contributed by atoms with Gasteiger partial charge in [-0.1, -0.05) is 18.6 Å². The number of fused-ring (bicyclic) bond motifs is 1. The van der Waals surface area contributed by atoms with Gasteiger partial charge in [0.1, 0.15) is 5.82 Å². The van der Waals surface area contributed by atoms with Crippen LogP contribution in [0.5, 0.6) is 0 Å². The Labute approximate surface area is 140 Å². The number of amides is 1. The zero-order valence-electron chi connectivity index (χ0n) is 13.7. The lowest BCUT2D eigenvalue weighted by Crippen LogP contribution is -2.38. The molecule has 0 bridgehead atoms. The molecule has 24 heavy (non-hydrogen) atoms. The minimum absolute atomic E-state index is 0.118. The van der Waals surface area contributed by atoms with Crippen molar-refractivity contribution in [3.8, 4) is 0 Å². The summed E-state index contributed by atoms with van der Waals surface area (Å²) in [6, 6.07) is 10.1. The van der Waals surface area contributed by atoms with Gasteiger partial charge in [0.05, 0.1) is 17.3 Å². The molecule has 4 rings (SSSR count). The SMILES string of the molecule is Cc1ccoc1C(=O)NC1CCCC(c2nc3ccccc3[nH]2)C1. The van der Waals surface area contributed by atoms with E-state index in [2.05, 4.69) is 10.3 Å². The number of benzene rings is 1. The molecule has 5 nitrogen and oxygen atoms in total. The van der Waals surface area contributed by atoms with E-state index in [1.807, 2.05) is 37.3 Å². The molecule has 2 N–H and O–H groups in total. The van der Waals surface area contributed by atoms with E-state index >= 15 is 0 Å². The van der Waals surface area contributed by atoms with E-state index in [0.717, 1.165) is 48.1 Å². The summed E-state index contributed by atoms with van der Waals surface area (Å²) in [6.45, 7) is 1.89. The van der Waals surface area contributed by atoms with Gasteiger partial charge < -0.3 is 14.7 Å². The lowest BCUT2D eigenvalue weighted by molar-refractivity contribution is 0.0895. The van der Waals surface area contributed by atoms with Crippen LogP contribution in [-0.2, 0) is 0 Å². The smallest absolute Gasteiger partial charge is 0.287 e. The number of para-hydroxylation sites is 2. The number of carbonyl (C=O) groups excluding carboxylic acids is 1. The van der Waals surface area contributed by atoms with Gasteiger partial charge in [0.15, 0.2) is 5.76 Å². The number of hydrogen-bond acceptors (Lipinski definition) is 3. The molecule has 5 heteroatoms. The lowest BCUT2D eigenvalue weighted by Gasteiger charge is -2.28. The van der Waals surface area contributed by atoms with Gasteiger partial charge in [-0.3, -0.25) is 4.79 Å². The summed E-state index contributed by atoms with van der Waals surface area (Å²) in [7, 11) is 0. The maximum atomic E-state index is 12.4. The summed E-state index contributed by atoms with van der Waals surface area (Å²) in [4.78, 5) is 20.5. The van der Waals surface area contributed by atoms with Crippen LogP contribution in [0.3, 0.4) is 0 Å². The Morgan fingerprint density at radius 2 is 2.17 bits per heavy atom. The zero-order valence-corrected chi connectivity index (χ0v) is 13.7. The van der Waals surface area contributed by atoms with Crippen molar-refractivity contribution in [1.29, 1.82) is 0 Å². The van der Waals surface area contributed by atoms with E-state index in [9.17, 15) is 4.79 Å². The van der Waals surface area contributed by atoms with Crippen LogP contribution in [0.4, 0.5) is 0 Å². The van der Waals surface area contributed by atoms with E-state index in [1.54, 1.807) is 6.26 Å². The van der Waals surface area contributed by atoms with Crippen molar-refractivity contribution in [3.05, 3.63) is 53.7 Å². The molecule has 2 atom stereocenters. The summed E-state index contributed by atoms with van der Waals surface area (Å²) in [5.41, 5.74) is 2.95. The van der Waals surface area contributed by atoms with Crippen molar-refractivity contribution < 1.29 is 9.21 Å². The standard InChI is InChI=1S/C19H21N3O2/c1-12-9-10-24-17(12)19(23)20-14-6-4-5-13(11-14)18-21-15-7-2-3-8-16(15)22-18/h2-3,7-10,13-14H,4-6,11H2,1H3,(H,20,23)(H,21,22). The summed E-state index contributed by atoms with van der Waals surface area (Å²) in [5, 5.41) is 3.12. The van der Waals surface area contributed by atoms with E-state index < -0.39 is 0 Å². The number of aryl methyl sites for hydroxylation is 1. The molecule has 124 valence electrons. The van der Waals surface area contributed by atoms with Crippen molar-refractivity contribution in [2.24, 2.45) is 0 Å². The maximum Gasteiger partial charge on any atom is 0.287 e. The Morgan fingerprint density at radius 1 is 1.29 bits per heavy atom. The first kappa shape index (κ1) is 15.0. The van der Waals surface area contributed by atoms with Gasteiger partial charge >= 0.3 is 0 Å². The zero-order chi connectivity index (χ0) is 16.5. The average Bonchev–Trinajstić information content (AvgIpc) is 3.21. The van der Waals surface area contributed by atoms with E-state index in [1.165, 1.54) is 0 Å². The summed E-state index contributed by atoms with van der Waals surface area (Å²) >= 11 is 0. The van der Waals surface area contributed by atoms with Gasteiger partial charge in [-0.05, 0) is 44.4 Å². The molecule has 1 fully saturated rings. The fraction of sp³-hybridized carbons (Fsp3) is 0.368. The molecule has 1 saturated carbocycles. The number of H-pyrrole nitrogens is 1. The monoisotopic (exact) mass is 323 g/mol. The van der Waals surface area contributed by atoms with Gasteiger partial charge in [-0.25, -0.2) is 4.98 Å². The van der Waals surface area contributed by atoms with Crippen molar-refractivity contribution in [2.45, 2.75) is 44.6 Å². The van der Waals surface area contributed by atoms with Crippen molar-refractivity contribution in [2.75, 3.05) is 0 Å². The first-order valence-corrected chi connectivity index (χ1v) is 8.50. The molecule has 1 amide bonds. The number of furan rings is 1. The number of carbonyl (C=O) groups is 1. The lowest BCUT2D eigenvalue weighted by atomic mass is 9.85. The third kappa shape index (κ3) is 2.82. The molecule has 1 aliphatic rings. The quantitative estimate of drug-likeness (QED) is 0.767. The minimum Gasteiger partial charge on any atom is -0.459 e. The minimum atomic E-state index is -0.118. The Kier molecular flexibility index (Phi) is 3.84. The largest absolute Gasteiger partial charge is 0.459 e. The Balaban J connectivity index is 1.47. The van der Waals surface area contributed by atoms with E-state index in [0.29, 0.717) is 11.7 Å². The van der Waals surface area contributed by atoms with Crippen molar-refractivity contribution in [1.82, 2.24) is 15.3 Å². The fourth-order valence-corrected chi connectivity index (χ4v) is 3.59. The molecule has 2 aromatic heterocycles. The highest BCUT2D eigenvalue weighted by Gasteiger charge is 2.27. The Hall–Kier alpha value is -2.56. The second kappa shape index (κ2) is 6.15. The van der Waals surface area contributed by atoms with Gasteiger partial charge in [0.25, 0.3) is 5.91 Å². The molecular formula is C19H21N3O2. The number of nitrogens with one attached hydrogen (secondary N) is 2. The average molecular weight is 323 g/mol. The van der Waals surface area contributed by atoms with Crippen molar-refractivity contribution in [3.63, 3.8) is 0 Å². The van der Waals surface area contributed by atoms with E-state index in [-0.39, 0.29) is 11.9 Å². The number of nitrogens with zero attached hydrogens (tertiary/aromatic N) is 1. The number of rotatable bonds is 3. The molecule has 0 spiro atoms. The molecular weight excluding hydrogens is 302 g/mol. The van der Waals surface area contributed by atoms with Gasteiger partial charge in [0.2, 0.25) is 0 Å². The van der Waals surface area contributed by atoms with E-state index in [4.69, 9.17) is 9.40 Å². The topological polar surface area (TPSA) is 70.9 Å². The normalized spacial score (nSPS) is 21.0. The van der Waals surface area contributed by atoms with Crippen LogP contribution in [0.15, 0.2) is 41.0 Å². The van der Waals surface area contributed by atoms with Crippen LogP contribution in [0.1, 0.15) is 53.5 Å². The second-order valence-corrected chi connectivity index (χ2v) is 6.61. The molecule has 2 unspecified atom stereocenters. The molecule has 2 heterocycles. The van der Waals surface area contributed by atoms with Crippen LogP contribution >= 0.6 is 0 Å². The summed E-state index contributed by atoms with van der Waals surface area (Å²) in [5.74, 6) is 1.69. The Morgan fingerprint density at radius 3 is 2.96 bits per heavy atom. The van der Waals surface area contributed by atoms with Crippen LogP contribution in [0.25, 0.3) is 11.0 Å². The molecule has 3 aromatic rings. The van der Waals surface area contributed by atoms with Crippen LogP contribution in [0, 0.1) is 6.92 Å². The highest BCUT2D eigenvalue weighted by molar-refractivity contribution is 5.93. The molecule has 0 radical (unpaired) electrons. The number of aromatic amines is 1. The molecule has 0 saturated heterocycles. The molecule has 1 aromatic carbocycles. The van der Waals surface area contributed by atoms with Crippen LogP contribution < -0.4 is 5.32 Å². The van der Waals surface area contributed by atoms with Crippen LogP contribution in [0.2, 0.25) is 0 Å². The first-order valence-electron chi connectivity index (χ1n) is 8.50. The number of hydrogen-bond donors (Lipinski definition) is 2. The third-order valence-electron chi connectivity index (χ3n) is 4.87. The van der Waals surface area contributed by atoms with Crippen molar-refractivity contribution >= 4 is 16.9 Å². The summed E-state index contributed by atoms with van der Waals surface area (Å²) in [6.07, 6.45) is 5.66. The predicted octanol–water partition coefficient (Wildman–Crippen LogP) is 3.92. The first-order chi connectivity index (χ1) is 11.7. The van der Waals surface area contributed by atoms with Gasteiger partial charge in [-0.15, -0.1) is 0 Å². The Bertz CT molecular complexity index is 831. The van der Waals surface area contributed by atoms with Crippen LogP contribution in [-0.4, -0.2) is 21.9 Å². The predicted molar refractivity (Wildman–Crippen MR) is 92.0 cm³/mol.